The van der Waals surface area contributed by atoms with Crippen molar-refractivity contribution in [2.45, 2.75) is 26.5 Å². The highest BCUT2D eigenvalue weighted by atomic mass is 79.9. The first-order chi connectivity index (χ1) is 9.20. The summed E-state index contributed by atoms with van der Waals surface area (Å²) in [6.45, 7) is 5.38. The largest absolute Gasteiger partial charge is 0.485 e. The van der Waals surface area contributed by atoms with Gasteiger partial charge in [0, 0.05) is 16.1 Å². The summed E-state index contributed by atoms with van der Waals surface area (Å²) < 4.78 is 11.5. The molecule has 0 radical (unpaired) electrons. The van der Waals surface area contributed by atoms with E-state index in [1.165, 1.54) is 6.39 Å². The molecule has 0 bridgehead atoms. The van der Waals surface area contributed by atoms with E-state index in [0.717, 1.165) is 22.3 Å². The molecule has 0 saturated heterocycles. The molecule has 0 fully saturated rings. The van der Waals surface area contributed by atoms with Crippen LogP contribution in [-0.2, 0) is 6.61 Å². The Balaban J connectivity index is 2.14. The van der Waals surface area contributed by atoms with Crippen molar-refractivity contribution in [1.82, 2.24) is 15.5 Å². The fourth-order valence-corrected chi connectivity index (χ4v) is 2.18. The average Bonchev–Trinajstić information content (AvgIpc) is 2.90. The minimum absolute atomic E-state index is 0.211. The molecule has 1 aromatic carbocycles. The third-order valence-electron chi connectivity index (χ3n) is 2.71. The van der Waals surface area contributed by atoms with Gasteiger partial charge in [0.1, 0.15) is 5.75 Å². The molecule has 0 aliphatic heterocycles. The van der Waals surface area contributed by atoms with Crippen LogP contribution in [0.1, 0.15) is 31.3 Å². The molecule has 1 N–H and O–H groups in total. The Morgan fingerprint density at radius 3 is 3.00 bits per heavy atom. The third kappa shape index (κ3) is 3.78. The predicted octanol–water partition coefficient (Wildman–Crippen LogP) is 3.08. The zero-order valence-corrected chi connectivity index (χ0v) is 12.5. The van der Waals surface area contributed by atoms with Gasteiger partial charge in [-0.1, -0.05) is 28.0 Å². The monoisotopic (exact) mass is 325 g/mol. The Morgan fingerprint density at radius 2 is 2.32 bits per heavy atom. The van der Waals surface area contributed by atoms with Crippen molar-refractivity contribution in [1.29, 1.82) is 0 Å². The molecule has 102 valence electrons. The van der Waals surface area contributed by atoms with E-state index in [1.54, 1.807) is 0 Å². The number of rotatable bonds is 6. The topological polar surface area (TPSA) is 60.2 Å². The summed E-state index contributed by atoms with van der Waals surface area (Å²) in [6, 6.07) is 6.16. The van der Waals surface area contributed by atoms with Crippen LogP contribution < -0.4 is 10.1 Å². The highest BCUT2D eigenvalue weighted by Crippen LogP contribution is 2.29. The lowest BCUT2D eigenvalue weighted by Crippen LogP contribution is -2.18. The van der Waals surface area contributed by atoms with Gasteiger partial charge in [-0.25, -0.2) is 0 Å². The number of nitrogens with zero attached hydrogens (tertiary/aromatic N) is 2. The van der Waals surface area contributed by atoms with E-state index in [4.69, 9.17) is 4.74 Å². The number of benzene rings is 1. The van der Waals surface area contributed by atoms with Crippen molar-refractivity contribution in [2.75, 3.05) is 6.54 Å². The molecule has 0 aliphatic carbocycles. The molecule has 5 nitrogen and oxygen atoms in total. The minimum Gasteiger partial charge on any atom is -0.485 e. The van der Waals surface area contributed by atoms with Gasteiger partial charge in [-0.15, -0.1) is 0 Å². The van der Waals surface area contributed by atoms with E-state index in [2.05, 4.69) is 55.8 Å². The number of aromatic nitrogens is 2. The molecule has 1 unspecified atom stereocenters. The third-order valence-corrected chi connectivity index (χ3v) is 3.21. The van der Waals surface area contributed by atoms with E-state index >= 15 is 0 Å². The van der Waals surface area contributed by atoms with Gasteiger partial charge in [-0.2, -0.15) is 4.98 Å². The van der Waals surface area contributed by atoms with E-state index in [1.807, 2.05) is 12.1 Å². The van der Waals surface area contributed by atoms with Crippen LogP contribution in [0.2, 0.25) is 0 Å². The quantitative estimate of drug-likeness (QED) is 0.884. The number of hydrogen-bond acceptors (Lipinski definition) is 5. The van der Waals surface area contributed by atoms with E-state index in [9.17, 15) is 0 Å². The normalized spacial score (nSPS) is 12.4. The molecule has 0 saturated carbocycles. The Hall–Kier alpha value is -1.40. The molecular weight excluding hydrogens is 310 g/mol. The van der Waals surface area contributed by atoms with Gasteiger partial charge in [-0.3, -0.25) is 0 Å². The molecule has 1 atom stereocenters. The highest BCUT2D eigenvalue weighted by Gasteiger charge is 2.12. The standard InChI is InChI=1S/C13H16BrN3O2/c1-3-15-9(2)11-6-10(14)4-5-12(11)18-7-13-16-8-19-17-13/h4-6,8-9,15H,3,7H2,1-2H3. The van der Waals surface area contributed by atoms with E-state index in [-0.39, 0.29) is 6.04 Å². The highest BCUT2D eigenvalue weighted by molar-refractivity contribution is 9.10. The zero-order chi connectivity index (χ0) is 13.7. The van der Waals surface area contributed by atoms with Gasteiger partial charge in [0.2, 0.25) is 12.2 Å². The maximum atomic E-state index is 5.76. The van der Waals surface area contributed by atoms with Crippen LogP contribution in [0.4, 0.5) is 0 Å². The van der Waals surface area contributed by atoms with Gasteiger partial charge in [-0.05, 0) is 31.7 Å². The van der Waals surface area contributed by atoms with Crippen molar-refractivity contribution >= 4 is 15.9 Å². The summed E-state index contributed by atoms with van der Waals surface area (Å²) in [5.74, 6) is 1.35. The van der Waals surface area contributed by atoms with E-state index < -0.39 is 0 Å². The predicted molar refractivity (Wildman–Crippen MR) is 74.9 cm³/mol. The second-order valence-corrected chi connectivity index (χ2v) is 5.01. The second-order valence-electron chi connectivity index (χ2n) is 4.10. The fraction of sp³-hybridized carbons (Fsp3) is 0.385. The molecular formula is C13H16BrN3O2. The van der Waals surface area contributed by atoms with Gasteiger partial charge in [0.05, 0.1) is 0 Å². The van der Waals surface area contributed by atoms with Crippen molar-refractivity contribution in [2.24, 2.45) is 0 Å². The van der Waals surface area contributed by atoms with Crippen LogP contribution >= 0.6 is 15.9 Å². The summed E-state index contributed by atoms with van der Waals surface area (Å²) in [5, 5.41) is 7.10. The molecule has 2 aromatic rings. The van der Waals surface area contributed by atoms with Crippen LogP contribution in [0.25, 0.3) is 0 Å². The maximum Gasteiger partial charge on any atom is 0.213 e. The smallest absolute Gasteiger partial charge is 0.213 e. The summed E-state index contributed by atoms with van der Waals surface area (Å²) >= 11 is 3.48. The van der Waals surface area contributed by atoms with Crippen molar-refractivity contribution in [3.8, 4) is 5.75 Å². The van der Waals surface area contributed by atoms with Gasteiger partial charge >= 0.3 is 0 Å². The van der Waals surface area contributed by atoms with Crippen molar-refractivity contribution in [3.63, 3.8) is 0 Å². The molecule has 0 amide bonds. The molecule has 2 rings (SSSR count). The summed E-state index contributed by atoms with van der Waals surface area (Å²) in [6.07, 6.45) is 1.29. The van der Waals surface area contributed by atoms with E-state index in [0.29, 0.717) is 12.4 Å². The van der Waals surface area contributed by atoms with Crippen LogP contribution in [0.5, 0.6) is 5.75 Å². The molecule has 19 heavy (non-hydrogen) atoms. The lowest BCUT2D eigenvalue weighted by molar-refractivity contribution is 0.281. The Labute approximate surface area is 120 Å². The minimum atomic E-state index is 0.211. The average molecular weight is 326 g/mol. The van der Waals surface area contributed by atoms with Crippen molar-refractivity contribution < 1.29 is 9.26 Å². The first-order valence-electron chi connectivity index (χ1n) is 6.11. The van der Waals surface area contributed by atoms with Gasteiger partial charge in [0.25, 0.3) is 0 Å². The second kappa shape index (κ2) is 6.68. The molecule has 1 heterocycles. The van der Waals surface area contributed by atoms with Crippen LogP contribution in [0, 0.1) is 0 Å². The number of halogens is 1. The summed E-state index contributed by atoms with van der Waals surface area (Å²) in [7, 11) is 0. The van der Waals surface area contributed by atoms with Gasteiger partial charge < -0.3 is 14.6 Å². The molecule has 1 aromatic heterocycles. The molecule has 0 aliphatic rings. The number of ether oxygens (including phenoxy) is 1. The summed E-state index contributed by atoms with van der Waals surface area (Å²) in [5.41, 5.74) is 1.10. The Kier molecular flexibility index (Phi) is 4.93. The Bertz CT molecular complexity index is 517. The first kappa shape index (κ1) is 14.0. The Morgan fingerprint density at radius 1 is 1.47 bits per heavy atom. The van der Waals surface area contributed by atoms with Gasteiger partial charge in [0.15, 0.2) is 6.61 Å². The molecule has 6 heteroatoms. The SMILES string of the molecule is CCNC(C)c1cc(Br)ccc1OCc1ncon1. The van der Waals surface area contributed by atoms with Crippen LogP contribution in [0.3, 0.4) is 0 Å². The van der Waals surface area contributed by atoms with Crippen LogP contribution in [0.15, 0.2) is 33.6 Å². The van der Waals surface area contributed by atoms with Crippen molar-refractivity contribution in [3.05, 3.63) is 40.5 Å². The lowest BCUT2D eigenvalue weighted by Gasteiger charge is -2.17. The zero-order valence-electron chi connectivity index (χ0n) is 10.9. The molecule has 0 spiro atoms. The first-order valence-corrected chi connectivity index (χ1v) is 6.91. The lowest BCUT2D eigenvalue weighted by atomic mass is 10.1. The number of hydrogen-bond donors (Lipinski definition) is 1. The maximum absolute atomic E-state index is 5.76. The fourth-order valence-electron chi connectivity index (χ4n) is 1.80. The summed E-state index contributed by atoms with van der Waals surface area (Å²) in [4.78, 5) is 3.93. The number of nitrogens with one attached hydrogen (secondary N) is 1. The van der Waals surface area contributed by atoms with Crippen LogP contribution in [-0.4, -0.2) is 16.7 Å².